The first kappa shape index (κ1) is 16.6. The summed E-state index contributed by atoms with van der Waals surface area (Å²) < 4.78 is 1.48. The third-order valence-electron chi connectivity index (χ3n) is 5.15. The van der Waals surface area contributed by atoms with Crippen molar-refractivity contribution in [2.75, 3.05) is 16.8 Å². The number of aliphatic imine (C=N–C) groups is 1. The molecule has 2 aromatic carbocycles. The van der Waals surface area contributed by atoms with Gasteiger partial charge in [0.25, 0.3) is 5.56 Å². The lowest BCUT2D eigenvalue weighted by Gasteiger charge is -2.31. The Hall–Kier alpha value is -3.61. The van der Waals surface area contributed by atoms with Gasteiger partial charge in [0, 0.05) is 29.6 Å². The summed E-state index contributed by atoms with van der Waals surface area (Å²) in [5, 5.41) is 13.6. The summed E-state index contributed by atoms with van der Waals surface area (Å²) in [5.41, 5.74) is 3.32. The Balaban J connectivity index is 1.69. The normalized spacial score (nSPS) is 17.5. The van der Waals surface area contributed by atoms with E-state index in [9.17, 15) is 9.90 Å². The number of rotatable bonds is 1. The second kappa shape index (κ2) is 6.23. The highest BCUT2D eigenvalue weighted by Crippen LogP contribution is 2.34. The molecule has 7 heteroatoms. The van der Waals surface area contributed by atoms with E-state index in [4.69, 9.17) is 4.99 Å². The third kappa shape index (κ3) is 2.55. The molecular formula is C21H19N5O2. The zero-order chi connectivity index (χ0) is 19.3. The fraction of sp³-hybridized carbons (Fsp3) is 0.190. The number of aromatic nitrogens is 2. The van der Waals surface area contributed by atoms with Crippen LogP contribution in [0.1, 0.15) is 23.0 Å². The van der Waals surface area contributed by atoms with Crippen molar-refractivity contribution in [1.82, 2.24) is 9.55 Å². The van der Waals surface area contributed by atoms with Gasteiger partial charge >= 0.3 is 0 Å². The average molecular weight is 373 g/mol. The van der Waals surface area contributed by atoms with Crippen molar-refractivity contribution in [2.45, 2.75) is 19.5 Å². The molecule has 1 atom stereocenters. The number of benzene rings is 2. The number of hydrogen-bond donors (Lipinski definition) is 2. The van der Waals surface area contributed by atoms with Crippen LogP contribution in [-0.4, -0.2) is 27.2 Å². The monoisotopic (exact) mass is 373 g/mol. The Kier molecular flexibility index (Phi) is 3.68. The minimum atomic E-state index is -0.694. The second-order valence-corrected chi connectivity index (χ2v) is 6.97. The number of nitrogens with one attached hydrogen (secondary N) is 1. The maximum Gasteiger partial charge on any atom is 0.257 e. The number of anilines is 2. The minimum absolute atomic E-state index is 0.0951. The molecule has 7 nitrogen and oxygen atoms in total. The molecule has 0 bridgehead atoms. The summed E-state index contributed by atoms with van der Waals surface area (Å²) in [4.78, 5) is 24.2. The molecule has 0 radical (unpaired) electrons. The first-order valence-electron chi connectivity index (χ1n) is 9.20. The second-order valence-electron chi connectivity index (χ2n) is 6.97. The smallest absolute Gasteiger partial charge is 0.257 e. The zero-order valence-electron chi connectivity index (χ0n) is 15.3. The van der Waals surface area contributed by atoms with Crippen molar-refractivity contribution in [3.05, 3.63) is 81.8 Å². The number of para-hydroxylation sites is 2. The van der Waals surface area contributed by atoms with Gasteiger partial charge in [0.05, 0.1) is 0 Å². The van der Waals surface area contributed by atoms with Gasteiger partial charge in [-0.15, -0.1) is 0 Å². The molecule has 3 heterocycles. The van der Waals surface area contributed by atoms with Crippen LogP contribution < -0.4 is 15.8 Å². The van der Waals surface area contributed by atoms with Crippen molar-refractivity contribution in [3.8, 4) is 5.75 Å². The van der Waals surface area contributed by atoms with Crippen molar-refractivity contribution in [3.63, 3.8) is 0 Å². The van der Waals surface area contributed by atoms with Gasteiger partial charge in [0.15, 0.2) is 6.17 Å². The first-order valence-corrected chi connectivity index (χ1v) is 9.20. The molecule has 2 aliphatic rings. The molecule has 140 valence electrons. The highest BCUT2D eigenvalue weighted by atomic mass is 16.3. The van der Waals surface area contributed by atoms with Crippen LogP contribution in [0.4, 0.5) is 11.6 Å². The van der Waals surface area contributed by atoms with Gasteiger partial charge in [0.1, 0.15) is 5.75 Å². The molecule has 0 amide bonds. The Morgan fingerprint density at radius 2 is 1.93 bits per heavy atom. The van der Waals surface area contributed by atoms with Crippen LogP contribution >= 0.6 is 0 Å². The van der Waals surface area contributed by atoms with Crippen molar-refractivity contribution < 1.29 is 5.11 Å². The van der Waals surface area contributed by atoms with Gasteiger partial charge < -0.3 is 10.0 Å². The van der Waals surface area contributed by atoms with Crippen molar-refractivity contribution in [1.29, 1.82) is 0 Å². The van der Waals surface area contributed by atoms with Gasteiger partial charge in [-0.1, -0.05) is 36.4 Å². The highest BCUT2D eigenvalue weighted by Gasteiger charge is 2.31. The van der Waals surface area contributed by atoms with Crippen molar-refractivity contribution >= 4 is 17.6 Å². The Labute approximate surface area is 161 Å². The molecule has 2 aliphatic heterocycles. The third-order valence-corrected chi connectivity index (χ3v) is 5.15. The largest absolute Gasteiger partial charge is 0.508 e. The van der Waals surface area contributed by atoms with Gasteiger partial charge in [-0.2, -0.15) is 0 Å². The molecule has 0 fully saturated rings. The van der Waals surface area contributed by atoms with Crippen LogP contribution in [0.25, 0.3) is 0 Å². The van der Waals surface area contributed by atoms with Gasteiger partial charge in [-0.05, 0) is 31.0 Å². The van der Waals surface area contributed by atoms with E-state index in [-0.39, 0.29) is 11.3 Å². The highest BCUT2D eigenvalue weighted by molar-refractivity contribution is 6.06. The lowest BCUT2D eigenvalue weighted by atomic mass is 10.1. The summed E-state index contributed by atoms with van der Waals surface area (Å²) in [7, 11) is 0. The van der Waals surface area contributed by atoms with E-state index in [1.165, 1.54) is 16.2 Å². The van der Waals surface area contributed by atoms with Crippen molar-refractivity contribution in [2.24, 2.45) is 4.99 Å². The Morgan fingerprint density at radius 3 is 2.79 bits per heavy atom. The number of phenolic OH excluding ortho intramolecular Hbond substituents is 1. The molecule has 28 heavy (non-hydrogen) atoms. The quantitative estimate of drug-likeness (QED) is 0.685. The van der Waals surface area contributed by atoms with Crippen LogP contribution in [0, 0.1) is 6.92 Å². The summed E-state index contributed by atoms with van der Waals surface area (Å²) >= 11 is 0. The van der Waals surface area contributed by atoms with Crippen LogP contribution in [-0.2, 0) is 6.42 Å². The van der Waals surface area contributed by atoms with Crippen LogP contribution in [0.3, 0.4) is 0 Å². The van der Waals surface area contributed by atoms with E-state index in [0.29, 0.717) is 23.2 Å². The molecule has 1 unspecified atom stereocenters. The molecule has 3 aromatic rings. The predicted octanol–water partition coefficient (Wildman–Crippen LogP) is 2.65. The lowest BCUT2D eigenvalue weighted by molar-refractivity contribution is 0.451. The number of guanidine groups is 1. The van der Waals surface area contributed by atoms with E-state index in [1.54, 1.807) is 25.1 Å². The van der Waals surface area contributed by atoms with Crippen LogP contribution in [0.2, 0.25) is 0 Å². The summed E-state index contributed by atoms with van der Waals surface area (Å²) in [6, 6.07) is 16.6. The number of nitrogens with zero attached hydrogens (tertiary/aromatic N) is 4. The molecule has 0 saturated heterocycles. The summed E-state index contributed by atoms with van der Waals surface area (Å²) in [6.45, 7) is 2.57. The summed E-state index contributed by atoms with van der Waals surface area (Å²) in [6.07, 6.45) is 0.229. The maximum absolute atomic E-state index is 12.7. The van der Waals surface area contributed by atoms with Gasteiger partial charge in [-0.25, -0.2) is 9.98 Å². The number of aromatic hydroxyl groups is 1. The maximum atomic E-state index is 12.7. The fourth-order valence-electron chi connectivity index (χ4n) is 3.85. The summed E-state index contributed by atoms with van der Waals surface area (Å²) in [5.74, 6) is 1.14. The van der Waals surface area contributed by atoms with Crippen LogP contribution in [0.5, 0.6) is 5.75 Å². The van der Waals surface area contributed by atoms with E-state index in [2.05, 4.69) is 27.3 Å². The van der Waals surface area contributed by atoms with E-state index in [0.717, 1.165) is 18.7 Å². The first-order chi connectivity index (χ1) is 13.6. The molecule has 0 saturated carbocycles. The molecule has 2 N–H and O–H groups in total. The standard InChI is InChI=1S/C21H19N5O2/c1-13-12-18(28)26-19(15-7-3-5-9-17(15)27)23-20(24-21(26)22-13)25-11-10-14-6-2-4-8-16(14)25/h2-9,12,19,27H,10-11H2,1H3,(H,22,23,24). The predicted molar refractivity (Wildman–Crippen MR) is 108 cm³/mol. The molecule has 0 aliphatic carbocycles. The van der Waals surface area contributed by atoms with E-state index >= 15 is 0 Å². The number of aryl methyl sites for hydroxylation is 1. The zero-order valence-corrected chi connectivity index (χ0v) is 15.3. The number of fused-ring (bicyclic) bond motifs is 2. The van der Waals surface area contributed by atoms with Gasteiger partial charge in [-0.3, -0.25) is 14.7 Å². The topological polar surface area (TPSA) is 82.8 Å². The number of phenols is 1. The number of hydrogen-bond acceptors (Lipinski definition) is 6. The molecule has 5 rings (SSSR count). The average Bonchev–Trinajstić information content (AvgIpc) is 3.11. The van der Waals surface area contributed by atoms with E-state index < -0.39 is 6.17 Å². The Morgan fingerprint density at radius 1 is 1.14 bits per heavy atom. The molecular weight excluding hydrogens is 354 g/mol. The SMILES string of the molecule is Cc1cc(=O)n2c(n1)NC(N1CCc3ccccc31)=NC2c1ccccc1O. The Bertz CT molecular complexity index is 1170. The van der Waals surface area contributed by atoms with Gasteiger partial charge in [0.2, 0.25) is 11.9 Å². The molecule has 1 aromatic heterocycles. The lowest BCUT2D eigenvalue weighted by Crippen LogP contribution is -2.43. The van der Waals surface area contributed by atoms with Crippen LogP contribution in [0.15, 0.2) is 64.4 Å². The van der Waals surface area contributed by atoms with E-state index in [1.807, 2.05) is 18.2 Å². The molecule has 0 spiro atoms. The fourth-order valence-corrected chi connectivity index (χ4v) is 3.85. The minimum Gasteiger partial charge on any atom is -0.508 e.